The van der Waals surface area contributed by atoms with Crippen molar-refractivity contribution in [1.82, 2.24) is 14.3 Å². The van der Waals surface area contributed by atoms with Crippen LogP contribution in [0.2, 0.25) is 5.02 Å². The minimum absolute atomic E-state index is 0.0121. The summed E-state index contributed by atoms with van der Waals surface area (Å²) in [4.78, 5) is 22.7. The highest BCUT2D eigenvalue weighted by atomic mass is 79.9. The van der Waals surface area contributed by atoms with Gasteiger partial charge in [-0.25, -0.2) is 18.4 Å². The van der Waals surface area contributed by atoms with Crippen molar-refractivity contribution in [1.29, 1.82) is 0 Å². The number of ether oxygens (including phenoxy) is 1. The van der Waals surface area contributed by atoms with Gasteiger partial charge in [-0.3, -0.25) is 4.79 Å². The molecule has 4 rings (SSSR count). The first-order chi connectivity index (χ1) is 15.3. The maximum Gasteiger partial charge on any atom is 0.307 e. The molecule has 11 heteroatoms. The van der Waals surface area contributed by atoms with E-state index in [9.17, 15) is 13.2 Å². The van der Waals surface area contributed by atoms with Crippen molar-refractivity contribution in [2.75, 3.05) is 31.6 Å². The Morgan fingerprint density at radius 1 is 1.16 bits per heavy atom. The molecule has 0 radical (unpaired) electrons. The van der Waals surface area contributed by atoms with Crippen molar-refractivity contribution in [3.63, 3.8) is 0 Å². The molecule has 32 heavy (non-hydrogen) atoms. The van der Waals surface area contributed by atoms with Gasteiger partial charge in [0, 0.05) is 37.1 Å². The van der Waals surface area contributed by atoms with E-state index < -0.39 is 22.0 Å². The Hall–Kier alpha value is -2.27. The van der Waals surface area contributed by atoms with Crippen molar-refractivity contribution in [2.24, 2.45) is 0 Å². The first kappa shape index (κ1) is 22.9. The SMILES string of the molecule is COC(=O)CC1CN(S(=O)(=O)c2ccc3cc(Cl)ccc3c2)CCN1c1ncc(Br)cn1. The molecule has 1 aromatic heterocycles. The summed E-state index contributed by atoms with van der Waals surface area (Å²) in [5.74, 6) is 0.000628. The number of hydrogen-bond acceptors (Lipinski definition) is 7. The molecule has 0 amide bonds. The number of anilines is 1. The van der Waals surface area contributed by atoms with Crippen LogP contribution in [-0.4, -0.2) is 61.4 Å². The van der Waals surface area contributed by atoms with E-state index in [4.69, 9.17) is 16.3 Å². The molecule has 0 aliphatic carbocycles. The third-order valence-electron chi connectivity index (χ3n) is 5.35. The molecular formula is C21H20BrClN4O4S. The topological polar surface area (TPSA) is 92.7 Å². The summed E-state index contributed by atoms with van der Waals surface area (Å²) in [6, 6.07) is 9.80. The number of benzene rings is 2. The van der Waals surface area contributed by atoms with Crippen LogP contribution in [0.15, 0.2) is 58.2 Å². The number of sulfonamides is 1. The highest BCUT2D eigenvalue weighted by Gasteiger charge is 2.36. The summed E-state index contributed by atoms with van der Waals surface area (Å²) in [6.07, 6.45) is 3.24. The number of nitrogens with zero attached hydrogens (tertiary/aromatic N) is 4. The molecule has 1 saturated heterocycles. The van der Waals surface area contributed by atoms with Gasteiger partial charge < -0.3 is 9.64 Å². The molecule has 0 bridgehead atoms. The molecule has 1 aliphatic heterocycles. The Morgan fingerprint density at radius 2 is 1.84 bits per heavy atom. The van der Waals surface area contributed by atoms with Gasteiger partial charge in [0.25, 0.3) is 0 Å². The lowest BCUT2D eigenvalue weighted by Crippen LogP contribution is -2.56. The predicted molar refractivity (Wildman–Crippen MR) is 125 cm³/mol. The lowest BCUT2D eigenvalue weighted by molar-refractivity contribution is -0.141. The molecule has 0 N–H and O–H groups in total. The van der Waals surface area contributed by atoms with Crippen molar-refractivity contribution < 1.29 is 17.9 Å². The van der Waals surface area contributed by atoms with Crippen LogP contribution in [-0.2, 0) is 19.6 Å². The molecule has 168 valence electrons. The van der Waals surface area contributed by atoms with E-state index in [0.717, 1.165) is 15.2 Å². The number of fused-ring (bicyclic) bond motifs is 1. The van der Waals surface area contributed by atoms with Crippen molar-refractivity contribution in [2.45, 2.75) is 17.4 Å². The maximum atomic E-state index is 13.4. The summed E-state index contributed by atoms with van der Waals surface area (Å²) < 4.78 is 33.8. The van der Waals surface area contributed by atoms with Crippen LogP contribution in [0, 0.1) is 0 Å². The third-order valence-corrected chi connectivity index (χ3v) is 7.86. The molecule has 0 saturated carbocycles. The fourth-order valence-electron chi connectivity index (χ4n) is 3.72. The monoisotopic (exact) mass is 538 g/mol. The van der Waals surface area contributed by atoms with Crippen LogP contribution < -0.4 is 4.90 Å². The van der Waals surface area contributed by atoms with Gasteiger partial charge in [0.2, 0.25) is 16.0 Å². The summed E-state index contributed by atoms with van der Waals surface area (Å²) in [5.41, 5.74) is 0. The number of rotatable bonds is 5. The fraction of sp³-hybridized carbons (Fsp3) is 0.286. The molecular weight excluding hydrogens is 520 g/mol. The number of aromatic nitrogens is 2. The van der Waals surface area contributed by atoms with E-state index in [2.05, 4.69) is 25.9 Å². The van der Waals surface area contributed by atoms with E-state index in [1.165, 1.54) is 11.4 Å². The Kier molecular flexibility index (Phi) is 6.66. The van der Waals surface area contributed by atoms with Crippen LogP contribution in [0.3, 0.4) is 0 Å². The summed E-state index contributed by atoms with van der Waals surface area (Å²) in [5, 5.41) is 2.23. The van der Waals surface area contributed by atoms with Gasteiger partial charge in [0.05, 0.1) is 28.9 Å². The second-order valence-electron chi connectivity index (χ2n) is 7.35. The van der Waals surface area contributed by atoms with E-state index in [0.29, 0.717) is 17.5 Å². The normalized spacial score (nSPS) is 17.5. The zero-order valence-electron chi connectivity index (χ0n) is 17.1. The van der Waals surface area contributed by atoms with Crippen LogP contribution >= 0.6 is 27.5 Å². The minimum atomic E-state index is -3.78. The highest BCUT2D eigenvalue weighted by Crippen LogP contribution is 2.27. The van der Waals surface area contributed by atoms with Gasteiger partial charge in [-0.1, -0.05) is 23.7 Å². The molecule has 8 nitrogen and oxygen atoms in total. The van der Waals surface area contributed by atoms with Gasteiger partial charge in [-0.15, -0.1) is 0 Å². The van der Waals surface area contributed by atoms with Crippen molar-refractivity contribution in [3.8, 4) is 0 Å². The third kappa shape index (κ3) is 4.73. The van der Waals surface area contributed by atoms with Crippen LogP contribution in [0.1, 0.15) is 6.42 Å². The number of carbonyl (C=O) groups is 1. The number of halogens is 2. The summed E-state index contributed by atoms with van der Waals surface area (Å²) in [7, 11) is -2.47. The summed E-state index contributed by atoms with van der Waals surface area (Å²) in [6.45, 7) is 0.680. The van der Waals surface area contributed by atoms with Crippen LogP contribution in [0.5, 0.6) is 0 Å². The molecule has 2 aromatic carbocycles. The molecule has 1 fully saturated rings. The second kappa shape index (κ2) is 9.30. The smallest absolute Gasteiger partial charge is 0.307 e. The molecule has 2 heterocycles. The van der Waals surface area contributed by atoms with E-state index in [1.807, 2.05) is 4.90 Å². The van der Waals surface area contributed by atoms with E-state index in [-0.39, 0.29) is 24.4 Å². The maximum absolute atomic E-state index is 13.4. The van der Waals surface area contributed by atoms with E-state index in [1.54, 1.807) is 48.8 Å². The van der Waals surface area contributed by atoms with Crippen molar-refractivity contribution in [3.05, 3.63) is 58.3 Å². The number of methoxy groups -OCH3 is 1. The van der Waals surface area contributed by atoms with Gasteiger partial charge >= 0.3 is 5.97 Å². The lowest BCUT2D eigenvalue weighted by atomic mass is 10.1. The molecule has 3 aromatic rings. The van der Waals surface area contributed by atoms with Crippen molar-refractivity contribution >= 4 is 60.2 Å². The van der Waals surface area contributed by atoms with E-state index >= 15 is 0 Å². The van der Waals surface area contributed by atoms with Gasteiger partial charge in [-0.05, 0) is 51.0 Å². The van der Waals surface area contributed by atoms with Crippen LogP contribution in [0.4, 0.5) is 5.95 Å². The first-order valence-electron chi connectivity index (χ1n) is 9.78. The zero-order chi connectivity index (χ0) is 22.9. The molecule has 1 unspecified atom stereocenters. The fourth-order valence-corrected chi connectivity index (χ4v) is 5.61. The average Bonchev–Trinajstić information content (AvgIpc) is 2.79. The second-order valence-corrected chi connectivity index (χ2v) is 10.6. The molecule has 0 spiro atoms. The lowest BCUT2D eigenvalue weighted by Gasteiger charge is -2.40. The average molecular weight is 540 g/mol. The Balaban J connectivity index is 1.63. The number of hydrogen-bond donors (Lipinski definition) is 0. The summed E-state index contributed by atoms with van der Waals surface area (Å²) >= 11 is 9.34. The van der Waals surface area contributed by atoms with Gasteiger partial charge in [0.1, 0.15) is 0 Å². The standard InChI is InChI=1S/C21H20BrClN4O4S/c1-31-20(28)10-18-13-26(6-7-27(18)21-24-11-16(22)12-25-21)32(29,30)19-5-3-14-8-17(23)4-2-15(14)9-19/h2-5,8-9,11-12,18H,6-7,10,13H2,1H3. The minimum Gasteiger partial charge on any atom is -0.469 e. The van der Waals surface area contributed by atoms with Gasteiger partial charge in [-0.2, -0.15) is 4.31 Å². The number of piperazine rings is 1. The number of carbonyl (C=O) groups excluding carboxylic acids is 1. The van der Waals surface area contributed by atoms with Crippen LogP contribution in [0.25, 0.3) is 10.8 Å². The predicted octanol–water partition coefficient (Wildman–Crippen LogP) is 3.49. The largest absolute Gasteiger partial charge is 0.469 e. The first-order valence-corrected chi connectivity index (χ1v) is 12.4. The quantitative estimate of drug-likeness (QED) is 0.458. The molecule has 1 atom stereocenters. The highest BCUT2D eigenvalue weighted by molar-refractivity contribution is 9.10. The number of esters is 1. The molecule has 1 aliphatic rings. The van der Waals surface area contributed by atoms with Gasteiger partial charge in [0.15, 0.2) is 0 Å². The Bertz CT molecular complexity index is 1260. The Morgan fingerprint density at radius 3 is 2.56 bits per heavy atom. The Labute approximate surface area is 199 Å². The zero-order valence-corrected chi connectivity index (χ0v) is 20.3.